The lowest BCUT2D eigenvalue weighted by molar-refractivity contribution is 0.589. The molecule has 15 rings (SSSR count). The second-order valence-corrected chi connectivity index (χ2v) is 36.9. The van der Waals surface area contributed by atoms with Gasteiger partial charge in [-0.05, 0) is 202 Å². The molecule has 4 nitrogen and oxygen atoms in total. The number of para-hydroxylation sites is 4. The van der Waals surface area contributed by atoms with Gasteiger partial charge in [-0.3, -0.25) is 0 Å². The molecule has 15 aromatic rings. The number of anilines is 6. The molecule has 0 unspecified atom stereocenters. The molecule has 0 atom stereocenters. The lowest BCUT2D eigenvalue weighted by Crippen LogP contribution is -2.20. The lowest BCUT2D eigenvalue weighted by Gasteiger charge is -2.37. The summed E-state index contributed by atoms with van der Waals surface area (Å²) >= 11 is 0. The monoisotopic (exact) mass is 1450 g/mol. The van der Waals surface area contributed by atoms with E-state index < -0.39 is 113 Å². The van der Waals surface area contributed by atoms with Gasteiger partial charge in [-0.1, -0.05) is 327 Å². The number of fused-ring (bicyclic) bond motifs is 6. The smallest absolute Gasteiger partial charge is 0.0645 e. The number of hydrogen-bond acceptors (Lipinski definition) is 2. The van der Waals surface area contributed by atoms with Crippen LogP contribution in [0.2, 0.25) is 0 Å². The third-order valence-corrected chi connectivity index (χ3v) is 21.6. The van der Waals surface area contributed by atoms with Crippen molar-refractivity contribution >= 4 is 77.7 Å². The van der Waals surface area contributed by atoms with Gasteiger partial charge in [0.25, 0.3) is 0 Å². The van der Waals surface area contributed by atoms with Crippen LogP contribution in [0.1, 0.15) is 206 Å². The second-order valence-electron chi connectivity index (χ2n) is 36.9. The van der Waals surface area contributed by atoms with E-state index in [1.165, 1.54) is 0 Å². The van der Waals surface area contributed by atoms with Gasteiger partial charge in [0.15, 0.2) is 0 Å². The number of hydrogen-bond donors (Lipinski definition) is 0. The maximum Gasteiger partial charge on any atom is 0.0645 e. The summed E-state index contributed by atoms with van der Waals surface area (Å²) in [6.45, 7) is 46.3. The first kappa shape index (κ1) is 57.2. The van der Waals surface area contributed by atoms with Crippen molar-refractivity contribution in [3.63, 3.8) is 0 Å². The molecule has 0 saturated carbocycles. The van der Waals surface area contributed by atoms with Crippen molar-refractivity contribution in [2.45, 2.75) is 183 Å². The standard InChI is InChI=1S/C106H110N4/c1-100(2,3)73-40-30-36-69(56-73)90-62-78(105(16,17)18)63-91(70-37-31-41-74(57-70)101(4,5)6)98(90)107(80-44-34-46-82(66-80)109-94-52-26-22-48-86(94)87-49-23-27-53-95(87)109)84-60-77(104(13,14)15)61-85(68-84)108(81-45-35-47-83(67-81)110-96-54-28-24-50-88(96)89-51-25-29-55-97(89)110)99-92(71-38-32-42-75(58-71)102(7,8)9)64-79(106(19,20)21)65-93(99)72-39-33-43-76(59-72)103(10,11)12/h22-68H,1-21H3/i22D,23D,24D,25D,26D,27D,28D,29D,48D,49D,50D,51D,52D,53D,54D,55D. The number of benzene rings is 13. The Balaban J connectivity index is 1.20. The zero-order valence-corrected chi connectivity index (χ0v) is 67.7. The maximum absolute atomic E-state index is 9.88. The predicted molar refractivity (Wildman–Crippen MR) is 477 cm³/mol. The highest BCUT2D eigenvalue weighted by Crippen LogP contribution is 2.55. The fraction of sp³-hybridized carbons (Fsp3) is 0.264. The van der Waals surface area contributed by atoms with Gasteiger partial charge < -0.3 is 18.9 Å². The van der Waals surface area contributed by atoms with Crippen LogP contribution in [0.5, 0.6) is 0 Å². The quantitative estimate of drug-likeness (QED) is 0.121. The van der Waals surface area contributed by atoms with Crippen molar-refractivity contribution in [1.82, 2.24) is 9.13 Å². The summed E-state index contributed by atoms with van der Waals surface area (Å²) in [6, 6.07) is 58.0. The third-order valence-electron chi connectivity index (χ3n) is 21.6. The van der Waals surface area contributed by atoms with E-state index >= 15 is 0 Å². The zero-order chi connectivity index (χ0) is 91.9. The first-order chi connectivity index (χ1) is 58.6. The van der Waals surface area contributed by atoms with Gasteiger partial charge in [0, 0.05) is 77.9 Å². The largest absolute Gasteiger partial charge is 0.309 e. The van der Waals surface area contributed by atoms with Crippen molar-refractivity contribution in [2.75, 3.05) is 9.80 Å². The highest BCUT2D eigenvalue weighted by Gasteiger charge is 2.34. The van der Waals surface area contributed by atoms with Crippen LogP contribution in [0.3, 0.4) is 0 Å². The molecule has 2 aromatic heterocycles. The van der Waals surface area contributed by atoms with E-state index in [4.69, 9.17) is 5.48 Å². The minimum atomic E-state index is -0.704. The number of aromatic nitrogens is 2. The van der Waals surface area contributed by atoms with Crippen LogP contribution in [-0.2, 0) is 37.9 Å². The average Bonchev–Trinajstić information content (AvgIpc) is 1.52. The van der Waals surface area contributed by atoms with Crippen LogP contribution in [0.25, 0.3) is 99.5 Å². The Kier molecular flexibility index (Phi) is 14.3. The second kappa shape index (κ2) is 27.6. The van der Waals surface area contributed by atoms with Crippen molar-refractivity contribution in [3.8, 4) is 55.9 Å². The molecule has 0 radical (unpaired) electrons. The highest BCUT2D eigenvalue weighted by molar-refractivity contribution is 6.11. The highest BCUT2D eigenvalue weighted by atomic mass is 15.2. The molecule has 4 heteroatoms. The summed E-state index contributed by atoms with van der Waals surface area (Å²) in [6.07, 6.45) is 0. The van der Waals surface area contributed by atoms with E-state index in [2.05, 4.69) is 295 Å². The Hall–Kier alpha value is -10.9. The molecule has 0 aliphatic carbocycles. The summed E-state index contributed by atoms with van der Waals surface area (Å²) in [7, 11) is 0. The van der Waals surface area contributed by atoms with E-state index in [-0.39, 0.29) is 65.3 Å². The van der Waals surface area contributed by atoms with Crippen molar-refractivity contribution in [1.29, 1.82) is 0 Å². The predicted octanol–water partition coefficient (Wildman–Crippen LogP) is 30.6. The third kappa shape index (κ3) is 14.2. The SMILES string of the molecule is [2H]c1c([2H])c([2H])c2c(c1[2H])c1c([2H])c([2H])c([2H])c([2H])c1n2-c1cccc(N(c2cc(N(c3cccc(-n4c5c([2H])c([2H])c([2H])c([2H])c5c5c([2H])c([2H])c([2H])c([2H])c54)c3)c3c(-c4cccc(C(C)(C)C)c4)cc(C(C)(C)C)cc3-c3cccc(C(C)(C)C)c3)cc(C(C)(C)C)c2)c2c(-c3cccc(C(C)(C)C)c3)cc(C(C)(C)C)cc2-c2cccc(C(C)(C)C)c2)c1. The molecule has 13 aromatic carbocycles. The fourth-order valence-corrected chi connectivity index (χ4v) is 15.1. The fourth-order valence-electron chi connectivity index (χ4n) is 15.1. The normalized spacial score (nSPS) is 14.8. The van der Waals surface area contributed by atoms with Gasteiger partial charge in [-0.2, -0.15) is 0 Å². The minimum Gasteiger partial charge on any atom is -0.309 e. The lowest BCUT2D eigenvalue weighted by atomic mass is 9.79. The van der Waals surface area contributed by atoms with E-state index in [0.29, 0.717) is 34.1 Å². The van der Waals surface area contributed by atoms with Gasteiger partial charge in [-0.15, -0.1) is 0 Å². The van der Waals surface area contributed by atoms with Crippen LogP contribution in [0.4, 0.5) is 34.1 Å². The molecule has 0 N–H and O–H groups in total. The first-order valence-electron chi connectivity index (χ1n) is 46.4. The Morgan fingerprint density at radius 3 is 0.718 bits per heavy atom. The van der Waals surface area contributed by atoms with E-state index in [9.17, 15) is 16.4 Å². The summed E-state index contributed by atoms with van der Waals surface area (Å²) in [5.74, 6) is 0. The van der Waals surface area contributed by atoms with E-state index in [1.807, 2.05) is 36.4 Å². The molecule has 554 valence electrons. The topological polar surface area (TPSA) is 16.3 Å². The molecule has 0 fully saturated rings. The van der Waals surface area contributed by atoms with Crippen molar-refractivity contribution in [2.24, 2.45) is 0 Å². The van der Waals surface area contributed by atoms with Gasteiger partial charge in [-0.25, -0.2) is 0 Å². The maximum atomic E-state index is 9.88. The molecular weight excluding hydrogens is 1330 g/mol. The Labute approximate surface area is 678 Å². The van der Waals surface area contributed by atoms with Gasteiger partial charge in [0.05, 0.1) is 55.4 Å². The molecule has 0 aliphatic rings. The summed E-state index contributed by atoms with van der Waals surface area (Å²) < 4.78 is 155. The summed E-state index contributed by atoms with van der Waals surface area (Å²) in [5.41, 5.74) is 15.6. The van der Waals surface area contributed by atoms with Gasteiger partial charge in [0.2, 0.25) is 0 Å². The average molecular weight is 1460 g/mol. The summed E-state index contributed by atoms with van der Waals surface area (Å²) in [4.78, 5) is 4.56. The zero-order valence-electron chi connectivity index (χ0n) is 83.7. The Bertz CT molecular complexity index is 6320. The van der Waals surface area contributed by atoms with Crippen LogP contribution >= 0.6 is 0 Å². The number of rotatable bonds is 12. The molecular formula is C106H110N4. The molecule has 0 spiro atoms. The van der Waals surface area contributed by atoms with E-state index in [0.717, 1.165) is 94.8 Å². The minimum absolute atomic E-state index is 0.0396. The first-order valence-corrected chi connectivity index (χ1v) is 38.4. The van der Waals surface area contributed by atoms with Gasteiger partial charge >= 0.3 is 0 Å². The van der Waals surface area contributed by atoms with Gasteiger partial charge in [0.1, 0.15) is 0 Å². The molecule has 110 heavy (non-hydrogen) atoms. The van der Waals surface area contributed by atoms with Crippen molar-refractivity contribution in [3.05, 3.63) is 324 Å². The molecule has 0 bridgehead atoms. The van der Waals surface area contributed by atoms with Crippen molar-refractivity contribution < 1.29 is 21.9 Å². The molecule has 0 amide bonds. The molecule has 0 aliphatic heterocycles. The van der Waals surface area contributed by atoms with Crippen LogP contribution in [0, 0.1) is 0 Å². The van der Waals surface area contributed by atoms with Crippen LogP contribution in [-0.4, -0.2) is 9.13 Å². The Morgan fingerprint density at radius 1 is 0.227 bits per heavy atom. The van der Waals surface area contributed by atoms with Crippen LogP contribution in [0.15, 0.2) is 285 Å². The molecule has 2 heterocycles. The number of nitrogens with zero attached hydrogens (tertiary/aromatic N) is 4. The molecule has 0 saturated heterocycles. The Morgan fingerprint density at radius 2 is 0.464 bits per heavy atom. The summed E-state index contributed by atoms with van der Waals surface area (Å²) in [5, 5.41) is -0.247. The van der Waals surface area contributed by atoms with E-state index in [1.54, 1.807) is 21.3 Å². The van der Waals surface area contributed by atoms with Crippen LogP contribution < -0.4 is 9.80 Å².